The molecule has 0 amide bonds. The van der Waals surface area contributed by atoms with Gasteiger partial charge < -0.3 is 10.2 Å². The number of thiazole rings is 1. The Balaban J connectivity index is 1.40. The number of carbonyl (C=O) groups excluding carboxylic acids is 1. The Morgan fingerprint density at radius 3 is 2.15 bits per heavy atom. The fraction of sp³-hybridized carbons (Fsp3) is 0.536. The first kappa shape index (κ1) is 26.1. The van der Waals surface area contributed by atoms with Gasteiger partial charge in [0.15, 0.2) is 16.7 Å². The van der Waals surface area contributed by atoms with Crippen molar-refractivity contribution >= 4 is 22.3 Å². The van der Waals surface area contributed by atoms with Gasteiger partial charge in [-0.1, -0.05) is 95.3 Å². The van der Waals surface area contributed by atoms with Crippen LogP contribution >= 0.6 is 11.3 Å². The average molecular weight is 482 g/mol. The summed E-state index contributed by atoms with van der Waals surface area (Å²) in [5.74, 6) is 0.757. The van der Waals surface area contributed by atoms with Crippen molar-refractivity contribution in [3.8, 4) is 22.0 Å². The second-order valence-corrected chi connectivity index (χ2v) is 10.1. The molecule has 0 saturated carbocycles. The summed E-state index contributed by atoms with van der Waals surface area (Å²) in [5, 5.41) is 0.432. The molecule has 184 valence electrons. The van der Waals surface area contributed by atoms with Crippen molar-refractivity contribution in [1.29, 1.82) is 0 Å². The monoisotopic (exact) mass is 481 g/mol. The molecule has 2 N–H and O–H groups in total. The van der Waals surface area contributed by atoms with Crippen LogP contribution in [-0.4, -0.2) is 15.8 Å². The summed E-state index contributed by atoms with van der Waals surface area (Å²) in [4.78, 5) is 22.8. The first-order chi connectivity index (χ1) is 16.7. The minimum Gasteiger partial charge on any atom is -0.463 e. The minimum atomic E-state index is 0.128. The van der Waals surface area contributed by atoms with Gasteiger partial charge in [0.05, 0.1) is 16.8 Å². The summed E-state index contributed by atoms with van der Waals surface area (Å²) in [5.41, 5.74) is 7.91. The number of aromatic nitrogens is 2. The molecule has 0 aliphatic carbocycles. The summed E-state index contributed by atoms with van der Waals surface area (Å²) in [6.07, 6.45) is 20.7. The lowest BCUT2D eigenvalue weighted by molar-refractivity contribution is 0.0979. The van der Waals surface area contributed by atoms with Gasteiger partial charge in [0.25, 0.3) is 0 Å². The number of nitrogens with zero attached hydrogens (tertiary/aromatic N) is 2. The topological polar surface area (TPSA) is 82.0 Å². The van der Waals surface area contributed by atoms with Crippen molar-refractivity contribution in [1.82, 2.24) is 9.97 Å². The number of nitrogens with two attached hydrogens (primary N) is 1. The van der Waals surface area contributed by atoms with Gasteiger partial charge in [-0.3, -0.25) is 9.78 Å². The Bertz CT molecular complexity index is 981. The van der Waals surface area contributed by atoms with Crippen molar-refractivity contribution in [2.24, 2.45) is 0 Å². The van der Waals surface area contributed by atoms with Crippen molar-refractivity contribution < 1.29 is 9.21 Å². The Labute approximate surface area is 208 Å². The summed E-state index contributed by atoms with van der Waals surface area (Å²) in [7, 11) is 0. The molecule has 0 radical (unpaired) electrons. The SMILES string of the molecule is CCCCCCCCCCCCCCCC(=O)c1cccnc1-c1sc(N)nc1-c1ccco1. The molecule has 0 aliphatic heterocycles. The van der Waals surface area contributed by atoms with Crippen LogP contribution in [0.15, 0.2) is 41.1 Å². The molecular weight excluding hydrogens is 442 g/mol. The molecule has 3 aromatic rings. The van der Waals surface area contributed by atoms with E-state index in [1.165, 1.54) is 82.0 Å². The lowest BCUT2D eigenvalue weighted by Gasteiger charge is -2.07. The van der Waals surface area contributed by atoms with Gasteiger partial charge in [-0.2, -0.15) is 0 Å². The zero-order valence-electron chi connectivity index (χ0n) is 20.6. The van der Waals surface area contributed by atoms with Crippen molar-refractivity contribution in [3.05, 3.63) is 42.3 Å². The van der Waals surface area contributed by atoms with E-state index >= 15 is 0 Å². The molecule has 6 heteroatoms. The zero-order chi connectivity index (χ0) is 24.0. The first-order valence-electron chi connectivity index (χ1n) is 13.0. The molecule has 0 bridgehead atoms. The van der Waals surface area contributed by atoms with Crippen LogP contribution in [0.2, 0.25) is 0 Å². The number of pyridine rings is 1. The van der Waals surface area contributed by atoms with Crippen LogP contribution in [-0.2, 0) is 0 Å². The molecule has 34 heavy (non-hydrogen) atoms. The number of unbranched alkanes of at least 4 members (excludes halogenated alkanes) is 12. The van der Waals surface area contributed by atoms with Gasteiger partial charge >= 0.3 is 0 Å². The third kappa shape index (κ3) is 8.08. The third-order valence-corrected chi connectivity index (χ3v) is 7.12. The summed E-state index contributed by atoms with van der Waals surface area (Å²) in [6.45, 7) is 2.27. The van der Waals surface area contributed by atoms with E-state index in [9.17, 15) is 4.79 Å². The van der Waals surface area contributed by atoms with Gasteiger partial charge in [0, 0.05) is 18.2 Å². The summed E-state index contributed by atoms with van der Waals surface area (Å²) < 4.78 is 5.52. The smallest absolute Gasteiger partial charge is 0.181 e. The van der Waals surface area contributed by atoms with Crippen LogP contribution in [0.25, 0.3) is 22.0 Å². The predicted molar refractivity (Wildman–Crippen MR) is 142 cm³/mol. The Morgan fingerprint density at radius 2 is 1.53 bits per heavy atom. The van der Waals surface area contributed by atoms with Gasteiger partial charge in [0.1, 0.15) is 5.69 Å². The maximum atomic E-state index is 13.0. The normalized spacial score (nSPS) is 11.2. The predicted octanol–water partition coefficient (Wildman–Crippen LogP) is 8.71. The molecule has 0 saturated heterocycles. The fourth-order valence-corrected chi connectivity index (χ4v) is 5.18. The summed E-state index contributed by atoms with van der Waals surface area (Å²) >= 11 is 1.34. The van der Waals surface area contributed by atoms with Crippen molar-refractivity contribution in [3.63, 3.8) is 0 Å². The van der Waals surface area contributed by atoms with Gasteiger partial charge in [0.2, 0.25) is 0 Å². The van der Waals surface area contributed by atoms with Gasteiger partial charge in [-0.05, 0) is 30.7 Å². The summed E-state index contributed by atoms with van der Waals surface area (Å²) in [6, 6.07) is 7.33. The molecule has 0 spiro atoms. The second kappa shape index (κ2) is 14.7. The molecule has 0 unspecified atom stereocenters. The highest BCUT2D eigenvalue weighted by atomic mass is 32.1. The van der Waals surface area contributed by atoms with E-state index in [0.717, 1.165) is 17.7 Å². The molecule has 0 aliphatic rings. The second-order valence-electron chi connectivity index (χ2n) is 9.02. The number of ketones is 1. The van der Waals surface area contributed by atoms with Gasteiger partial charge in [-0.25, -0.2) is 4.98 Å². The Morgan fingerprint density at radius 1 is 0.882 bits per heavy atom. The molecule has 5 nitrogen and oxygen atoms in total. The highest BCUT2D eigenvalue weighted by molar-refractivity contribution is 7.19. The third-order valence-electron chi connectivity index (χ3n) is 6.23. The van der Waals surface area contributed by atoms with Gasteiger partial charge in [-0.15, -0.1) is 0 Å². The highest BCUT2D eigenvalue weighted by Gasteiger charge is 2.21. The molecule has 0 aromatic carbocycles. The Kier molecular flexibility index (Phi) is 11.3. The van der Waals surface area contributed by atoms with E-state index in [1.54, 1.807) is 12.5 Å². The van der Waals surface area contributed by atoms with Crippen LogP contribution in [0.4, 0.5) is 5.13 Å². The number of nitrogen functional groups attached to an aromatic ring is 1. The fourth-order valence-electron chi connectivity index (χ4n) is 4.33. The van der Waals surface area contributed by atoms with Crippen LogP contribution < -0.4 is 5.73 Å². The molecular formula is C28H39N3O2S. The van der Waals surface area contributed by atoms with E-state index in [0.29, 0.717) is 34.3 Å². The van der Waals surface area contributed by atoms with Crippen molar-refractivity contribution in [2.75, 3.05) is 5.73 Å². The van der Waals surface area contributed by atoms with Crippen LogP contribution in [0, 0.1) is 0 Å². The number of anilines is 1. The quantitative estimate of drug-likeness (QED) is 0.154. The molecule has 3 heterocycles. The van der Waals surface area contributed by atoms with E-state index in [4.69, 9.17) is 10.2 Å². The number of carbonyl (C=O) groups is 1. The number of hydrogen-bond acceptors (Lipinski definition) is 6. The zero-order valence-corrected chi connectivity index (χ0v) is 21.4. The molecule has 0 atom stereocenters. The molecule has 3 aromatic heterocycles. The minimum absolute atomic E-state index is 0.128. The van der Waals surface area contributed by atoms with Crippen LogP contribution in [0.1, 0.15) is 107 Å². The van der Waals surface area contributed by atoms with E-state index < -0.39 is 0 Å². The van der Waals surface area contributed by atoms with E-state index in [2.05, 4.69) is 16.9 Å². The number of rotatable bonds is 17. The first-order valence-corrected chi connectivity index (χ1v) is 13.8. The molecule has 0 fully saturated rings. The molecule has 3 rings (SSSR count). The lowest BCUT2D eigenvalue weighted by atomic mass is 10.0. The lowest BCUT2D eigenvalue weighted by Crippen LogP contribution is -2.03. The van der Waals surface area contributed by atoms with E-state index in [-0.39, 0.29) is 5.78 Å². The van der Waals surface area contributed by atoms with Crippen molar-refractivity contribution in [2.45, 2.75) is 96.8 Å². The number of Topliss-reactive ketones (excluding diaryl/α,β-unsaturated/α-hetero) is 1. The Hall–Kier alpha value is -2.47. The maximum Gasteiger partial charge on any atom is 0.181 e. The van der Waals surface area contributed by atoms with Crippen LogP contribution in [0.3, 0.4) is 0 Å². The van der Waals surface area contributed by atoms with Crippen LogP contribution in [0.5, 0.6) is 0 Å². The largest absolute Gasteiger partial charge is 0.463 e. The van der Waals surface area contributed by atoms with E-state index in [1.807, 2.05) is 24.3 Å². The maximum absolute atomic E-state index is 13.0. The average Bonchev–Trinajstić information content (AvgIpc) is 3.51. The standard InChI is InChI=1S/C28H39N3O2S/c1-2-3-4-5-6-7-8-9-10-11-12-13-14-18-23(32)22-17-15-20-30-25(22)27-26(31-28(29)34-27)24-19-16-21-33-24/h15-17,19-21H,2-14,18H2,1H3,(H2,29,31). The number of furan rings is 1. The number of hydrogen-bond donors (Lipinski definition) is 1. The highest BCUT2D eigenvalue weighted by Crippen LogP contribution is 2.38.